The normalized spacial score (nSPS) is 14.3. The number of hydrogen-bond donors (Lipinski definition) is 1. The molecule has 5 nitrogen and oxygen atoms in total. The topological polar surface area (TPSA) is 56.4 Å². The zero-order valence-corrected chi connectivity index (χ0v) is 11.8. The van der Waals surface area contributed by atoms with Crippen LogP contribution in [0.15, 0.2) is 0 Å². The van der Waals surface area contributed by atoms with Gasteiger partial charge in [-0.2, -0.15) is 0 Å². The van der Waals surface area contributed by atoms with E-state index in [4.69, 9.17) is 0 Å². The molecule has 0 aliphatic carbocycles. The summed E-state index contributed by atoms with van der Waals surface area (Å²) in [5.74, 6) is 0.0454. The zero-order chi connectivity index (χ0) is 14.0. The summed E-state index contributed by atoms with van der Waals surface area (Å²) in [5, 5.41) is 0. The minimum absolute atomic E-state index is 0.0454. The van der Waals surface area contributed by atoms with E-state index in [1.807, 2.05) is 11.8 Å². The van der Waals surface area contributed by atoms with Crippen LogP contribution in [0.2, 0.25) is 0 Å². The fourth-order valence-corrected chi connectivity index (χ4v) is 2.61. The lowest BCUT2D eigenvalue weighted by atomic mass is 10.1. The van der Waals surface area contributed by atoms with Crippen LogP contribution in [-0.4, -0.2) is 53.2 Å². The number of carbonyl (C=O) groups excluding carboxylic acids is 2. The molecule has 2 heterocycles. The average molecular weight is 263 g/mol. The van der Waals surface area contributed by atoms with Gasteiger partial charge in [0.2, 0.25) is 0 Å². The van der Waals surface area contributed by atoms with Crippen LogP contribution in [0.4, 0.5) is 0 Å². The number of aromatic amines is 1. The number of nitrogens with one attached hydrogen (secondary N) is 1. The van der Waals surface area contributed by atoms with E-state index >= 15 is 0 Å². The molecule has 0 bridgehead atoms. The zero-order valence-electron chi connectivity index (χ0n) is 11.8. The summed E-state index contributed by atoms with van der Waals surface area (Å²) in [4.78, 5) is 30.3. The number of hydrogen-bond acceptors (Lipinski definition) is 3. The number of amides is 1. The lowest BCUT2D eigenvalue weighted by Crippen LogP contribution is -2.35. The predicted molar refractivity (Wildman–Crippen MR) is 73.4 cm³/mol. The van der Waals surface area contributed by atoms with Crippen molar-refractivity contribution in [3.05, 3.63) is 22.5 Å². The first-order valence-electron chi connectivity index (χ1n) is 6.80. The first-order chi connectivity index (χ1) is 9.12. The summed E-state index contributed by atoms with van der Waals surface area (Å²) < 4.78 is 0. The highest BCUT2D eigenvalue weighted by molar-refractivity contribution is 6.01. The molecule has 0 aromatic carbocycles. The lowest BCUT2D eigenvalue weighted by molar-refractivity contribution is 0.0759. The highest BCUT2D eigenvalue weighted by Gasteiger charge is 2.32. The van der Waals surface area contributed by atoms with E-state index in [-0.39, 0.29) is 5.91 Å². The third-order valence-electron chi connectivity index (χ3n) is 3.91. The summed E-state index contributed by atoms with van der Waals surface area (Å²) in [7, 11) is 0. The summed E-state index contributed by atoms with van der Waals surface area (Å²) >= 11 is 0. The fraction of sp³-hybridized carbons (Fsp3) is 0.571. The smallest absolute Gasteiger partial charge is 0.256 e. The highest BCUT2D eigenvalue weighted by Crippen LogP contribution is 2.26. The third kappa shape index (κ3) is 2.42. The maximum absolute atomic E-state index is 12.3. The second kappa shape index (κ2) is 5.57. The van der Waals surface area contributed by atoms with E-state index < -0.39 is 0 Å². The Hall–Kier alpha value is -1.62. The van der Waals surface area contributed by atoms with Crippen LogP contribution < -0.4 is 0 Å². The Morgan fingerprint density at radius 1 is 1.37 bits per heavy atom. The fourth-order valence-electron chi connectivity index (χ4n) is 2.61. The average Bonchev–Trinajstić information content (AvgIpc) is 2.89. The van der Waals surface area contributed by atoms with Gasteiger partial charge in [0.05, 0.1) is 17.8 Å². The van der Waals surface area contributed by atoms with E-state index in [0.29, 0.717) is 17.8 Å². The van der Waals surface area contributed by atoms with Crippen molar-refractivity contribution in [2.45, 2.75) is 27.3 Å². The highest BCUT2D eigenvalue weighted by atomic mass is 16.2. The van der Waals surface area contributed by atoms with Crippen LogP contribution in [0.25, 0.3) is 0 Å². The first kappa shape index (κ1) is 13.8. The number of H-pyrrole nitrogens is 1. The van der Waals surface area contributed by atoms with Crippen molar-refractivity contribution in [3.63, 3.8) is 0 Å². The van der Waals surface area contributed by atoms with Crippen molar-refractivity contribution in [1.29, 1.82) is 0 Å². The van der Waals surface area contributed by atoms with E-state index in [1.165, 1.54) is 0 Å². The molecule has 1 N–H and O–H groups in total. The largest absolute Gasteiger partial charge is 0.354 e. The quantitative estimate of drug-likeness (QED) is 0.790. The molecule has 104 valence electrons. The third-order valence-corrected chi connectivity index (χ3v) is 3.91. The number of likely N-dealkylation sites (N-methyl/N-ethyl adjacent to an activating group) is 1. The van der Waals surface area contributed by atoms with Gasteiger partial charge in [-0.3, -0.25) is 9.59 Å². The van der Waals surface area contributed by atoms with E-state index in [9.17, 15) is 9.59 Å². The molecule has 0 unspecified atom stereocenters. The van der Waals surface area contributed by atoms with Crippen LogP contribution in [0, 0.1) is 6.92 Å². The number of carbonyl (C=O) groups is 2. The van der Waals surface area contributed by atoms with Gasteiger partial charge < -0.3 is 14.8 Å². The molecule has 1 aromatic heterocycles. The maximum atomic E-state index is 12.3. The molecule has 1 aliphatic rings. The predicted octanol–water partition coefficient (Wildman–Crippen LogP) is 1.43. The Morgan fingerprint density at radius 2 is 2.05 bits per heavy atom. The molecule has 0 radical (unpaired) electrons. The standard InChI is InChI=1S/C14H21N3O2/c1-4-16(5-2)6-7-17-8-11-13(14(17)19)10(3)12(9-18)15-11/h9,15H,4-8H2,1-3H3. The molecule has 5 heteroatoms. The summed E-state index contributed by atoms with van der Waals surface area (Å²) in [6.45, 7) is 10.3. The van der Waals surface area contributed by atoms with Crippen molar-refractivity contribution >= 4 is 12.2 Å². The Kier molecular flexibility index (Phi) is 4.04. The van der Waals surface area contributed by atoms with Crippen molar-refractivity contribution in [1.82, 2.24) is 14.8 Å². The number of fused-ring (bicyclic) bond motifs is 1. The number of rotatable bonds is 6. The van der Waals surface area contributed by atoms with Crippen LogP contribution in [-0.2, 0) is 6.54 Å². The van der Waals surface area contributed by atoms with E-state index in [0.717, 1.165) is 43.7 Å². The molecule has 1 aromatic rings. The Labute approximate surface area is 113 Å². The number of nitrogens with zero attached hydrogens (tertiary/aromatic N) is 2. The van der Waals surface area contributed by atoms with E-state index in [1.54, 1.807) is 0 Å². The Balaban J connectivity index is 2.06. The number of aldehydes is 1. The van der Waals surface area contributed by atoms with Gasteiger partial charge in [0.25, 0.3) is 5.91 Å². The van der Waals surface area contributed by atoms with Crippen molar-refractivity contribution in [3.8, 4) is 0 Å². The molecule has 1 aliphatic heterocycles. The molecular formula is C14H21N3O2. The van der Waals surface area contributed by atoms with Gasteiger partial charge in [-0.15, -0.1) is 0 Å². The van der Waals surface area contributed by atoms with Crippen molar-refractivity contribution in [2.24, 2.45) is 0 Å². The molecule has 0 saturated heterocycles. The van der Waals surface area contributed by atoms with Gasteiger partial charge in [0.15, 0.2) is 6.29 Å². The summed E-state index contributed by atoms with van der Waals surface area (Å²) in [6, 6.07) is 0. The van der Waals surface area contributed by atoms with Crippen molar-refractivity contribution < 1.29 is 9.59 Å². The molecule has 19 heavy (non-hydrogen) atoms. The molecule has 0 atom stereocenters. The van der Waals surface area contributed by atoms with Gasteiger partial charge in [-0.1, -0.05) is 13.8 Å². The molecular weight excluding hydrogens is 242 g/mol. The van der Waals surface area contributed by atoms with E-state index in [2.05, 4.69) is 23.7 Å². The molecule has 0 saturated carbocycles. The van der Waals surface area contributed by atoms with Crippen LogP contribution >= 0.6 is 0 Å². The van der Waals surface area contributed by atoms with Gasteiger partial charge in [0, 0.05) is 18.8 Å². The van der Waals surface area contributed by atoms with Gasteiger partial charge in [-0.25, -0.2) is 0 Å². The molecule has 0 spiro atoms. The van der Waals surface area contributed by atoms with Crippen LogP contribution in [0.3, 0.4) is 0 Å². The van der Waals surface area contributed by atoms with Crippen LogP contribution in [0.5, 0.6) is 0 Å². The molecule has 2 rings (SSSR count). The van der Waals surface area contributed by atoms with Gasteiger partial charge in [-0.05, 0) is 25.6 Å². The second-order valence-corrected chi connectivity index (χ2v) is 4.89. The minimum Gasteiger partial charge on any atom is -0.354 e. The second-order valence-electron chi connectivity index (χ2n) is 4.89. The van der Waals surface area contributed by atoms with Gasteiger partial charge >= 0.3 is 0 Å². The van der Waals surface area contributed by atoms with Gasteiger partial charge in [0.1, 0.15) is 0 Å². The molecule has 1 amide bonds. The van der Waals surface area contributed by atoms with Crippen molar-refractivity contribution in [2.75, 3.05) is 26.2 Å². The monoisotopic (exact) mass is 263 g/mol. The number of aromatic nitrogens is 1. The summed E-state index contributed by atoms with van der Waals surface area (Å²) in [5.41, 5.74) is 2.88. The lowest BCUT2D eigenvalue weighted by Gasteiger charge is -2.22. The summed E-state index contributed by atoms with van der Waals surface area (Å²) in [6.07, 6.45) is 0.779. The first-order valence-corrected chi connectivity index (χ1v) is 6.80. The maximum Gasteiger partial charge on any atom is 0.256 e. The molecule has 0 fully saturated rings. The SMILES string of the molecule is CCN(CC)CCN1Cc2[nH]c(C=O)c(C)c2C1=O. The minimum atomic E-state index is 0.0454. The van der Waals surface area contributed by atoms with Crippen LogP contribution in [0.1, 0.15) is 46.0 Å². The Bertz CT molecular complexity index is 489. The Morgan fingerprint density at radius 3 is 2.58 bits per heavy atom.